The van der Waals surface area contributed by atoms with Crippen LogP contribution in [0.4, 0.5) is 5.69 Å². The zero-order valence-corrected chi connectivity index (χ0v) is 13.2. The topological polar surface area (TPSA) is 15.3 Å². The fourth-order valence-electron chi connectivity index (χ4n) is 2.57. The molecule has 0 bridgehead atoms. The Labute approximate surface area is 124 Å². The SMILES string of the molecule is CCNCc1ccc(N(CC2CC2)C2CC2)c(Br)c1. The van der Waals surface area contributed by atoms with Gasteiger partial charge < -0.3 is 10.2 Å². The molecule has 0 spiro atoms. The summed E-state index contributed by atoms with van der Waals surface area (Å²) in [6.07, 6.45) is 5.61. The van der Waals surface area contributed by atoms with Crippen molar-refractivity contribution >= 4 is 21.6 Å². The molecular weight excluding hydrogens is 300 g/mol. The van der Waals surface area contributed by atoms with Gasteiger partial charge in [0, 0.05) is 23.6 Å². The maximum Gasteiger partial charge on any atom is 0.0513 e. The highest BCUT2D eigenvalue weighted by molar-refractivity contribution is 9.10. The first kappa shape index (κ1) is 13.4. The smallest absolute Gasteiger partial charge is 0.0513 e. The van der Waals surface area contributed by atoms with Crippen LogP contribution in [0.1, 0.15) is 38.2 Å². The molecule has 2 saturated carbocycles. The lowest BCUT2D eigenvalue weighted by molar-refractivity contribution is 0.713. The highest BCUT2D eigenvalue weighted by atomic mass is 79.9. The number of halogens is 1. The first-order chi connectivity index (χ1) is 9.28. The third kappa shape index (κ3) is 3.51. The summed E-state index contributed by atoms with van der Waals surface area (Å²) < 4.78 is 1.26. The van der Waals surface area contributed by atoms with Crippen LogP contribution in [0.25, 0.3) is 0 Å². The first-order valence-electron chi connectivity index (χ1n) is 7.53. The number of hydrogen-bond acceptors (Lipinski definition) is 2. The molecule has 0 radical (unpaired) electrons. The van der Waals surface area contributed by atoms with Crippen LogP contribution < -0.4 is 10.2 Å². The van der Waals surface area contributed by atoms with Crippen molar-refractivity contribution in [3.63, 3.8) is 0 Å². The molecular formula is C16H23BrN2. The minimum atomic E-state index is 0.802. The van der Waals surface area contributed by atoms with Gasteiger partial charge in [-0.15, -0.1) is 0 Å². The van der Waals surface area contributed by atoms with E-state index in [1.165, 1.54) is 48.0 Å². The lowest BCUT2D eigenvalue weighted by atomic mass is 10.2. The monoisotopic (exact) mass is 322 g/mol. The molecule has 0 unspecified atom stereocenters. The molecule has 3 heteroatoms. The largest absolute Gasteiger partial charge is 0.367 e. The van der Waals surface area contributed by atoms with Crippen molar-refractivity contribution < 1.29 is 0 Å². The summed E-state index contributed by atoms with van der Waals surface area (Å²) in [6.45, 7) is 5.39. The van der Waals surface area contributed by atoms with E-state index in [1.54, 1.807) is 0 Å². The Hall–Kier alpha value is -0.540. The Morgan fingerprint density at radius 3 is 2.63 bits per heavy atom. The fraction of sp³-hybridized carbons (Fsp3) is 0.625. The van der Waals surface area contributed by atoms with E-state index in [4.69, 9.17) is 0 Å². The predicted molar refractivity (Wildman–Crippen MR) is 84.6 cm³/mol. The lowest BCUT2D eigenvalue weighted by Gasteiger charge is -2.26. The Bertz CT molecular complexity index is 438. The van der Waals surface area contributed by atoms with Crippen molar-refractivity contribution in [2.24, 2.45) is 5.92 Å². The van der Waals surface area contributed by atoms with Crippen molar-refractivity contribution in [3.8, 4) is 0 Å². The highest BCUT2D eigenvalue weighted by Gasteiger charge is 2.34. The average Bonchev–Trinajstić information content (AvgIpc) is 3.27. The van der Waals surface area contributed by atoms with E-state index in [9.17, 15) is 0 Å². The van der Waals surface area contributed by atoms with Crippen molar-refractivity contribution in [1.29, 1.82) is 0 Å². The summed E-state index contributed by atoms with van der Waals surface area (Å²) >= 11 is 3.78. The molecule has 0 atom stereocenters. The van der Waals surface area contributed by atoms with Gasteiger partial charge in [-0.3, -0.25) is 0 Å². The number of rotatable bonds is 7. The minimum Gasteiger partial charge on any atom is -0.367 e. The molecule has 1 N–H and O–H groups in total. The Kier molecular flexibility index (Phi) is 4.13. The Balaban J connectivity index is 1.74. The number of hydrogen-bond donors (Lipinski definition) is 1. The normalized spacial score (nSPS) is 18.6. The highest BCUT2D eigenvalue weighted by Crippen LogP contribution is 2.40. The third-order valence-electron chi connectivity index (χ3n) is 4.04. The third-order valence-corrected chi connectivity index (χ3v) is 4.68. The summed E-state index contributed by atoms with van der Waals surface area (Å²) in [5, 5.41) is 3.38. The van der Waals surface area contributed by atoms with Crippen LogP contribution in [0.5, 0.6) is 0 Å². The number of nitrogens with one attached hydrogen (secondary N) is 1. The van der Waals surface area contributed by atoms with Crippen molar-refractivity contribution in [1.82, 2.24) is 5.32 Å². The van der Waals surface area contributed by atoms with E-state index in [1.807, 2.05) is 0 Å². The zero-order valence-electron chi connectivity index (χ0n) is 11.7. The molecule has 2 aliphatic carbocycles. The van der Waals surface area contributed by atoms with E-state index in [0.717, 1.165) is 25.0 Å². The molecule has 0 aliphatic heterocycles. The lowest BCUT2D eigenvalue weighted by Crippen LogP contribution is -2.28. The van der Waals surface area contributed by atoms with Gasteiger partial charge in [0.2, 0.25) is 0 Å². The van der Waals surface area contributed by atoms with Crippen LogP contribution >= 0.6 is 15.9 Å². The number of anilines is 1. The van der Waals surface area contributed by atoms with Gasteiger partial charge in [-0.2, -0.15) is 0 Å². The molecule has 1 aromatic rings. The molecule has 2 fully saturated rings. The zero-order chi connectivity index (χ0) is 13.2. The molecule has 3 rings (SSSR count). The van der Waals surface area contributed by atoms with Gasteiger partial charge in [0.25, 0.3) is 0 Å². The molecule has 2 nitrogen and oxygen atoms in total. The van der Waals surface area contributed by atoms with Gasteiger partial charge >= 0.3 is 0 Å². The van der Waals surface area contributed by atoms with Crippen molar-refractivity contribution in [2.75, 3.05) is 18.0 Å². The van der Waals surface area contributed by atoms with E-state index in [2.05, 4.69) is 51.3 Å². The first-order valence-corrected chi connectivity index (χ1v) is 8.33. The molecule has 1 aromatic carbocycles. The van der Waals surface area contributed by atoms with E-state index >= 15 is 0 Å². The number of benzene rings is 1. The molecule has 104 valence electrons. The standard InChI is InChI=1S/C16H23BrN2/c1-2-18-10-13-5-8-16(15(17)9-13)19(14-6-7-14)11-12-3-4-12/h5,8-9,12,14,18H,2-4,6-7,10-11H2,1H3. The molecule has 0 heterocycles. The Morgan fingerprint density at radius 2 is 2.05 bits per heavy atom. The Morgan fingerprint density at radius 1 is 1.26 bits per heavy atom. The van der Waals surface area contributed by atoms with E-state index in [0.29, 0.717) is 0 Å². The maximum atomic E-state index is 3.78. The summed E-state index contributed by atoms with van der Waals surface area (Å²) in [4.78, 5) is 2.64. The van der Waals surface area contributed by atoms with Crippen molar-refractivity contribution in [2.45, 2.75) is 45.2 Å². The van der Waals surface area contributed by atoms with Crippen LogP contribution in [0.15, 0.2) is 22.7 Å². The molecule has 19 heavy (non-hydrogen) atoms. The summed E-state index contributed by atoms with van der Waals surface area (Å²) in [5.74, 6) is 0.953. The molecule has 0 aromatic heterocycles. The van der Waals surface area contributed by atoms with Crippen molar-refractivity contribution in [3.05, 3.63) is 28.2 Å². The second-order valence-corrected chi connectivity index (χ2v) is 6.75. The van der Waals surface area contributed by atoms with Gasteiger partial charge in [0.1, 0.15) is 0 Å². The summed E-state index contributed by atoms with van der Waals surface area (Å²) in [6, 6.07) is 7.65. The second kappa shape index (κ2) is 5.84. The number of nitrogens with zero attached hydrogens (tertiary/aromatic N) is 1. The van der Waals surface area contributed by atoms with Crippen LogP contribution in [0.2, 0.25) is 0 Å². The van der Waals surface area contributed by atoms with Gasteiger partial charge in [-0.1, -0.05) is 13.0 Å². The average molecular weight is 323 g/mol. The summed E-state index contributed by atoms with van der Waals surface area (Å²) in [7, 11) is 0. The predicted octanol–water partition coefficient (Wildman–Crippen LogP) is 3.94. The van der Waals surface area contributed by atoms with Crippen LogP contribution in [-0.2, 0) is 6.54 Å². The van der Waals surface area contributed by atoms with Crippen LogP contribution in [-0.4, -0.2) is 19.1 Å². The van der Waals surface area contributed by atoms with E-state index in [-0.39, 0.29) is 0 Å². The van der Waals surface area contributed by atoms with Crippen LogP contribution in [0.3, 0.4) is 0 Å². The maximum absolute atomic E-state index is 3.78. The van der Waals surface area contributed by atoms with Crippen LogP contribution in [0, 0.1) is 5.92 Å². The van der Waals surface area contributed by atoms with E-state index < -0.39 is 0 Å². The second-order valence-electron chi connectivity index (χ2n) is 5.89. The minimum absolute atomic E-state index is 0.802. The summed E-state index contributed by atoms with van der Waals surface area (Å²) in [5.41, 5.74) is 2.76. The molecule has 0 amide bonds. The van der Waals surface area contributed by atoms with Gasteiger partial charge in [0.05, 0.1) is 5.69 Å². The van der Waals surface area contributed by atoms with Gasteiger partial charge in [-0.25, -0.2) is 0 Å². The van der Waals surface area contributed by atoms with Gasteiger partial charge in [-0.05, 0) is 71.8 Å². The van der Waals surface area contributed by atoms with Gasteiger partial charge in [0.15, 0.2) is 0 Å². The molecule has 2 aliphatic rings. The molecule has 0 saturated heterocycles. The fourth-order valence-corrected chi connectivity index (χ4v) is 3.23. The quantitative estimate of drug-likeness (QED) is 0.818.